The molecule has 1 amide bonds. The fourth-order valence-electron chi connectivity index (χ4n) is 3.06. The zero-order valence-corrected chi connectivity index (χ0v) is 17.2. The molecule has 0 aliphatic carbocycles. The second-order valence-corrected chi connectivity index (χ2v) is 7.71. The molecule has 0 aliphatic rings. The zero-order chi connectivity index (χ0) is 19.8. The number of carbonyl (C=O) groups excluding carboxylic acids is 1. The largest absolute Gasteiger partial charge is 0.467 e. The first-order valence-electron chi connectivity index (χ1n) is 9.29. The van der Waals surface area contributed by atoms with E-state index in [0.29, 0.717) is 19.6 Å². The average molecular weight is 395 g/mol. The van der Waals surface area contributed by atoms with E-state index in [2.05, 4.69) is 35.4 Å². The lowest BCUT2D eigenvalue weighted by molar-refractivity contribution is -0.133. The van der Waals surface area contributed by atoms with Crippen molar-refractivity contribution in [3.63, 3.8) is 0 Å². The monoisotopic (exact) mass is 394 g/mol. The molecule has 0 unspecified atom stereocenters. The van der Waals surface area contributed by atoms with E-state index in [0.717, 1.165) is 17.9 Å². The highest BCUT2D eigenvalue weighted by Crippen LogP contribution is 2.16. The number of hydrogen-bond acceptors (Lipinski definition) is 4. The van der Waals surface area contributed by atoms with Gasteiger partial charge in [-0.3, -0.25) is 9.69 Å². The molecule has 3 aromatic rings. The average Bonchev–Trinajstić information content (AvgIpc) is 3.22. The lowest BCUT2D eigenvalue weighted by atomic mass is 10.2. The number of furan rings is 1. The Morgan fingerprint density at radius 3 is 2.25 bits per heavy atom. The highest BCUT2D eigenvalue weighted by atomic mass is 32.2. The minimum absolute atomic E-state index is 0.0866. The third-order valence-electron chi connectivity index (χ3n) is 4.51. The van der Waals surface area contributed by atoms with Gasteiger partial charge in [-0.05, 0) is 48.7 Å². The van der Waals surface area contributed by atoms with Crippen molar-refractivity contribution in [3.05, 3.63) is 89.9 Å². The van der Waals surface area contributed by atoms with Crippen LogP contribution in [-0.4, -0.2) is 35.6 Å². The molecule has 1 heterocycles. The predicted molar refractivity (Wildman–Crippen MR) is 114 cm³/mol. The molecule has 0 bridgehead atoms. The molecular formula is C23H26N2O2S. The quantitative estimate of drug-likeness (QED) is 0.495. The van der Waals surface area contributed by atoms with Crippen LogP contribution in [0.5, 0.6) is 0 Å². The number of nitrogens with zero attached hydrogens (tertiary/aromatic N) is 2. The summed E-state index contributed by atoms with van der Waals surface area (Å²) in [7, 11) is 1.98. The molecule has 28 heavy (non-hydrogen) atoms. The van der Waals surface area contributed by atoms with Crippen LogP contribution in [0, 0.1) is 0 Å². The van der Waals surface area contributed by atoms with Gasteiger partial charge in [0.1, 0.15) is 5.76 Å². The van der Waals surface area contributed by atoms with Crippen molar-refractivity contribution in [1.82, 2.24) is 9.80 Å². The maximum Gasteiger partial charge on any atom is 0.237 e. The van der Waals surface area contributed by atoms with Gasteiger partial charge in [-0.2, -0.15) is 0 Å². The van der Waals surface area contributed by atoms with E-state index in [1.807, 2.05) is 54.4 Å². The molecule has 4 nitrogen and oxygen atoms in total. The highest BCUT2D eigenvalue weighted by Gasteiger charge is 2.18. The molecule has 0 aliphatic heterocycles. The van der Waals surface area contributed by atoms with Crippen LogP contribution in [0.4, 0.5) is 0 Å². The number of carbonyl (C=O) groups is 1. The Balaban J connectivity index is 1.63. The Labute approximate surface area is 171 Å². The summed E-state index contributed by atoms with van der Waals surface area (Å²) in [6, 6.07) is 22.3. The second-order valence-electron chi connectivity index (χ2n) is 6.84. The van der Waals surface area contributed by atoms with Crippen molar-refractivity contribution < 1.29 is 9.21 Å². The van der Waals surface area contributed by atoms with Crippen molar-refractivity contribution in [2.24, 2.45) is 0 Å². The first kappa shape index (κ1) is 20.2. The van der Waals surface area contributed by atoms with Gasteiger partial charge in [-0.1, -0.05) is 42.5 Å². The molecule has 0 atom stereocenters. The zero-order valence-electron chi connectivity index (χ0n) is 16.4. The number of rotatable bonds is 9. The fourth-order valence-corrected chi connectivity index (χ4v) is 3.46. The molecule has 0 saturated carbocycles. The molecule has 0 saturated heterocycles. The Kier molecular flexibility index (Phi) is 7.34. The SMILES string of the molecule is CSc1ccc(CN(C)CC(=O)N(Cc2ccccc2)Cc2ccco2)cc1. The topological polar surface area (TPSA) is 36.7 Å². The lowest BCUT2D eigenvalue weighted by Gasteiger charge is -2.25. The van der Waals surface area contributed by atoms with Crippen LogP contribution in [0.2, 0.25) is 0 Å². The third kappa shape index (κ3) is 6.01. The summed E-state index contributed by atoms with van der Waals surface area (Å²) < 4.78 is 5.46. The van der Waals surface area contributed by atoms with Crippen molar-refractivity contribution in [2.45, 2.75) is 24.5 Å². The van der Waals surface area contributed by atoms with E-state index < -0.39 is 0 Å². The van der Waals surface area contributed by atoms with Crippen molar-refractivity contribution >= 4 is 17.7 Å². The van der Waals surface area contributed by atoms with Gasteiger partial charge >= 0.3 is 0 Å². The molecule has 2 aromatic carbocycles. The Bertz CT molecular complexity index is 848. The van der Waals surface area contributed by atoms with Gasteiger partial charge < -0.3 is 9.32 Å². The molecule has 0 radical (unpaired) electrons. The van der Waals surface area contributed by atoms with E-state index in [4.69, 9.17) is 4.42 Å². The highest BCUT2D eigenvalue weighted by molar-refractivity contribution is 7.98. The Morgan fingerprint density at radius 2 is 1.61 bits per heavy atom. The molecule has 3 rings (SSSR count). The molecule has 0 N–H and O–H groups in total. The summed E-state index contributed by atoms with van der Waals surface area (Å²) in [4.78, 5) is 18.2. The van der Waals surface area contributed by atoms with Crippen LogP contribution in [0.1, 0.15) is 16.9 Å². The van der Waals surface area contributed by atoms with Gasteiger partial charge in [0.2, 0.25) is 5.91 Å². The van der Waals surface area contributed by atoms with Crippen LogP contribution >= 0.6 is 11.8 Å². The number of hydrogen-bond donors (Lipinski definition) is 0. The molecular weight excluding hydrogens is 368 g/mol. The normalized spacial score (nSPS) is 11.0. The number of thioether (sulfide) groups is 1. The van der Waals surface area contributed by atoms with Gasteiger partial charge in [0.25, 0.3) is 0 Å². The number of amides is 1. The van der Waals surface area contributed by atoms with Crippen LogP contribution in [-0.2, 0) is 24.4 Å². The van der Waals surface area contributed by atoms with Gasteiger partial charge in [-0.25, -0.2) is 0 Å². The first-order valence-corrected chi connectivity index (χ1v) is 10.5. The lowest BCUT2D eigenvalue weighted by Crippen LogP contribution is -2.38. The summed E-state index contributed by atoms with van der Waals surface area (Å²) in [5.74, 6) is 0.878. The van der Waals surface area contributed by atoms with E-state index in [1.165, 1.54) is 10.5 Å². The maximum atomic E-state index is 13.0. The van der Waals surface area contributed by atoms with Gasteiger partial charge in [0.15, 0.2) is 0 Å². The van der Waals surface area contributed by atoms with Crippen LogP contribution in [0.25, 0.3) is 0 Å². The van der Waals surface area contributed by atoms with E-state index in [1.54, 1.807) is 18.0 Å². The molecule has 5 heteroatoms. The number of benzene rings is 2. The van der Waals surface area contributed by atoms with Gasteiger partial charge in [0, 0.05) is 18.0 Å². The fraction of sp³-hybridized carbons (Fsp3) is 0.261. The van der Waals surface area contributed by atoms with E-state index in [9.17, 15) is 4.79 Å². The second kappa shape index (κ2) is 10.2. The van der Waals surface area contributed by atoms with Crippen LogP contribution in [0.15, 0.2) is 82.3 Å². The molecule has 146 valence electrons. The van der Waals surface area contributed by atoms with Crippen molar-refractivity contribution in [3.8, 4) is 0 Å². The Morgan fingerprint density at radius 1 is 0.893 bits per heavy atom. The van der Waals surface area contributed by atoms with Gasteiger partial charge in [-0.15, -0.1) is 11.8 Å². The third-order valence-corrected chi connectivity index (χ3v) is 5.26. The van der Waals surface area contributed by atoms with E-state index in [-0.39, 0.29) is 5.91 Å². The van der Waals surface area contributed by atoms with Crippen molar-refractivity contribution in [2.75, 3.05) is 19.8 Å². The Hall–Kier alpha value is -2.50. The maximum absolute atomic E-state index is 13.0. The van der Waals surface area contributed by atoms with E-state index >= 15 is 0 Å². The molecule has 0 spiro atoms. The summed E-state index contributed by atoms with van der Waals surface area (Å²) >= 11 is 1.73. The smallest absolute Gasteiger partial charge is 0.237 e. The van der Waals surface area contributed by atoms with Crippen LogP contribution < -0.4 is 0 Å². The van der Waals surface area contributed by atoms with Crippen molar-refractivity contribution in [1.29, 1.82) is 0 Å². The summed E-state index contributed by atoms with van der Waals surface area (Å²) in [6.07, 6.45) is 3.71. The van der Waals surface area contributed by atoms with Gasteiger partial charge in [0.05, 0.1) is 19.4 Å². The summed E-state index contributed by atoms with van der Waals surface area (Å²) in [6.45, 7) is 2.13. The predicted octanol–water partition coefficient (Wildman–Crippen LogP) is 4.66. The minimum atomic E-state index is 0.0866. The molecule has 1 aromatic heterocycles. The standard InChI is InChI=1S/C23H26N2O2S/c1-24(15-20-10-12-22(28-2)13-11-20)18-23(26)25(17-21-9-6-14-27-21)16-19-7-4-3-5-8-19/h3-14H,15-18H2,1-2H3. The van der Waals surface area contributed by atoms with Crippen LogP contribution in [0.3, 0.4) is 0 Å². The molecule has 0 fully saturated rings. The first-order chi connectivity index (χ1) is 13.6. The number of likely N-dealkylation sites (N-methyl/N-ethyl adjacent to an activating group) is 1. The summed E-state index contributed by atoms with van der Waals surface area (Å²) in [5, 5.41) is 0. The minimum Gasteiger partial charge on any atom is -0.467 e. The summed E-state index contributed by atoms with van der Waals surface area (Å²) in [5.41, 5.74) is 2.31.